The third kappa shape index (κ3) is 4.78. The number of amides is 1. The molecule has 1 aliphatic heterocycles. The zero-order chi connectivity index (χ0) is 22.6. The number of hydrogen-bond acceptors (Lipinski definition) is 4. The van der Waals surface area contributed by atoms with E-state index in [0.717, 1.165) is 53.4 Å². The van der Waals surface area contributed by atoms with E-state index >= 15 is 0 Å². The van der Waals surface area contributed by atoms with Gasteiger partial charge in [0.15, 0.2) is 0 Å². The number of aromatic nitrogens is 1. The number of anilines is 2. The summed E-state index contributed by atoms with van der Waals surface area (Å²) in [6.45, 7) is 4.02. The molecule has 1 N–H and O–H groups in total. The zero-order valence-corrected chi connectivity index (χ0v) is 19.0. The second-order valence-electron chi connectivity index (χ2n) is 8.19. The van der Waals surface area contributed by atoms with Crippen LogP contribution in [0.2, 0.25) is 5.02 Å². The van der Waals surface area contributed by atoms with Crippen LogP contribution in [0.1, 0.15) is 15.9 Å². The normalized spacial score (nSPS) is 13.8. The van der Waals surface area contributed by atoms with Crippen LogP contribution in [-0.4, -0.2) is 37.1 Å². The summed E-state index contributed by atoms with van der Waals surface area (Å²) in [5.41, 5.74) is 2.90. The summed E-state index contributed by atoms with van der Waals surface area (Å²) in [7, 11) is 0. The molecule has 6 heteroatoms. The van der Waals surface area contributed by atoms with Crippen LogP contribution in [0.25, 0.3) is 10.8 Å². The molecule has 0 bridgehead atoms. The molecule has 5 nitrogen and oxygen atoms in total. The number of carbonyl (C=O) groups is 1. The van der Waals surface area contributed by atoms with Gasteiger partial charge in [0.1, 0.15) is 5.82 Å². The molecular formula is C27H25ClN4O. The first-order valence-corrected chi connectivity index (χ1v) is 11.5. The van der Waals surface area contributed by atoms with Gasteiger partial charge < -0.3 is 15.1 Å². The molecule has 0 radical (unpaired) electrons. The molecule has 1 amide bonds. The summed E-state index contributed by atoms with van der Waals surface area (Å²) >= 11 is 6.03. The van der Waals surface area contributed by atoms with E-state index in [0.29, 0.717) is 12.1 Å². The summed E-state index contributed by atoms with van der Waals surface area (Å²) in [6, 6.07) is 25.8. The Morgan fingerprint density at radius 3 is 2.36 bits per heavy atom. The van der Waals surface area contributed by atoms with Crippen molar-refractivity contribution in [3.05, 3.63) is 101 Å². The van der Waals surface area contributed by atoms with Crippen LogP contribution < -0.4 is 15.1 Å². The number of piperazine rings is 1. The maximum atomic E-state index is 12.8. The van der Waals surface area contributed by atoms with Gasteiger partial charge in [0.2, 0.25) is 0 Å². The van der Waals surface area contributed by atoms with Gasteiger partial charge in [-0.2, -0.15) is 0 Å². The molecule has 166 valence electrons. The Bertz CT molecular complexity index is 1250. The molecule has 2 heterocycles. The van der Waals surface area contributed by atoms with Gasteiger partial charge in [0.05, 0.1) is 0 Å². The summed E-state index contributed by atoms with van der Waals surface area (Å²) in [4.78, 5) is 22.2. The van der Waals surface area contributed by atoms with Crippen molar-refractivity contribution < 1.29 is 4.79 Å². The van der Waals surface area contributed by atoms with E-state index in [1.807, 2.05) is 72.9 Å². The van der Waals surface area contributed by atoms with Crippen LogP contribution in [0, 0.1) is 0 Å². The van der Waals surface area contributed by atoms with Gasteiger partial charge in [0, 0.05) is 60.6 Å². The minimum atomic E-state index is -0.0805. The van der Waals surface area contributed by atoms with Crippen LogP contribution >= 0.6 is 11.6 Å². The molecule has 1 saturated heterocycles. The van der Waals surface area contributed by atoms with E-state index in [2.05, 4.69) is 27.2 Å². The molecule has 5 rings (SSSR count). The quantitative estimate of drug-likeness (QED) is 0.451. The van der Waals surface area contributed by atoms with Crippen LogP contribution in [-0.2, 0) is 6.54 Å². The molecule has 0 aliphatic carbocycles. The van der Waals surface area contributed by atoms with Crippen molar-refractivity contribution in [2.75, 3.05) is 36.0 Å². The third-order valence-electron chi connectivity index (χ3n) is 6.07. The first-order valence-electron chi connectivity index (χ1n) is 11.1. The van der Waals surface area contributed by atoms with Crippen LogP contribution in [0.4, 0.5) is 11.5 Å². The SMILES string of the molecule is O=C(NCc1ccccc1)c1ccc2ccnc(N3CCN(c4ccc(Cl)cc4)CC3)c2c1. The first kappa shape index (κ1) is 21.3. The predicted molar refractivity (Wildman–Crippen MR) is 135 cm³/mol. The topological polar surface area (TPSA) is 48.5 Å². The summed E-state index contributed by atoms with van der Waals surface area (Å²) < 4.78 is 0. The minimum Gasteiger partial charge on any atom is -0.368 e. The second-order valence-corrected chi connectivity index (χ2v) is 8.63. The number of carbonyl (C=O) groups excluding carboxylic acids is 1. The number of rotatable bonds is 5. The molecule has 0 saturated carbocycles. The largest absolute Gasteiger partial charge is 0.368 e. The lowest BCUT2D eigenvalue weighted by Crippen LogP contribution is -2.46. The lowest BCUT2D eigenvalue weighted by molar-refractivity contribution is 0.0951. The van der Waals surface area contributed by atoms with E-state index in [4.69, 9.17) is 16.6 Å². The summed E-state index contributed by atoms with van der Waals surface area (Å²) in [5.74, 6) is 0.851. The molecular weight excluding hydrogens is 432 g/mol. The van der Waals surface area contributed by atoms with Crippen molar-refractivity contribution in [2.24, 2.45) is 0 Å². The summed E-state index contributed by atoms with van der Waals surface area (Å²) in [6.07, 6.45) is 1.85. The van der Waals surface area contributed by atoms with Gasteiger partial charge in [-0.1, -0.05) is 48.0 Å². The van der Waals surface area contributed by atoms with Gasteiger partial charge in [-0.05, 0) is 53.4 Å². The molecule has 1 aromatic heterocycles. The number of nitrogens with one attached hydrogen (secondary N) is 1. The number of fused-ring (bicyclic) bond motifs is 1. The van der Waals surface area contributed by atoms with Crippen LogP contribution in [0.3, 0.4) is 0 Å². The molecule has 0 atom stereocenters. The first-order chi connectivity index (χ1) is 16.2. The van der Waals surface area contributed by atoms with E-state index in [9.17, 15) is 4.79 Å². The van der Waals surface area contributed by atoms with Gasteiger partial charge in [-0.3, -0.25) is 4.79 Å². The number of benzene rings is 3. The lowest BCUT2D eigenvalue weighted by atomic mass is 10.1. The fourth-order valence-electron chi connectivity index (χ4n) is 4.25. The molecule has 1 aliphatic rings. The van der Waals surface area contributed by atoms with Gasteiger partial charge in [0.25, 0.3) is 5.91 Å². The van der Waals surface area contributed by atoms with Crippen LogP contribution in [0.5, 0.6) is 0 Å². The Balaban J connectivity index is 1.32. The average Bonchev–Trinajstić information content (AvgIpc) is 2.88. The van der Waals surface area contributed by atoms with Crippen molar-refractivity contribution in [1.82, 2.24) is 10.3 Å². The lowest BCUT2D eigenvalue weighted by Gasteiger charge is -2.37. The van der Waals surface area contributed by atoms with Crippen LogP contribution in [0.15, 0.2) is 85.1 Å². The second kappa shape index (κ2) is 9.51. The molecule has 1 fully saturated rings. The Hall–Kier alpha value is -3.57. The molecule has 0 unspecified atom stereocenters. The Kier molecular flexibility index (Phi) is 6.13. The number of nitrogens with zero attached hydrogens (tertiary/aromatic N) is 3. The maximum absolute atomic E-state index is 12.8. The van der Waals surface area contributed by atoms with Crippen molar-refractivity contribution in [2.45, 2.75) is 6.54 Å². The minimum absolute atomic E-state index is 0.0805. The molecule has 4 aromatic rings. The number of hydrogen-bond donors (Lipinski definition) is 1. The number of pyridine rings is 1. The highest BCUT2D eigenvalue weighted by Crippen LogP contribution is 2.28. The van der Waals surface area contributed by atoms with Crippen molar-refractivity contribution in [1.29, 1.82) is 0 Å². The predicted octanol–water partition coefficient (Wildman–Crippen LogP) is 5.14. The van der Waals surface area contributed by atoms with Crippen molar-refractivity contribution in [3.8, 4) is 0 Å². The van der Waals surface area contributed by atoms with E-state index in [1.165, 1.54) is 5.69 Å². The average molecular weight is 457 g/mol. The highest BCUT2D eigenvalue weighted by molar-refractivity contribution is 6.30. The maximum Gasteiger partial charge on any atom is 0.251 e. The van der Waals surface area contributed by atoms with Crippen molar-refractivity contribution >= 4 is 39.8 Å². The van der Waals surface area contributed by atoms with E-state index in [-0.39, 0.29) is 5.91 Å². The molecule has 33 heavy (non-hydrogen) atoms. The summed E-state index contributed by atoms with van der Waals surface area (Å²) in [5, 5.41) is 5.86. The smallest absolute Gasteiger partial charge is 0.251 e. The van der Waals surface area contributed by atoms with E-state index < -0.39 is 0 Å². The zero-order valence-electron chi connectivity index (χ0n) is 18.2. The standard InChI is InChI=1S/C27H25ClN4O/c28-23-8-10-24(11-9-23)31-14-16-32(17-15-31)26-25-18-22(7-6-21(25)12-13-29-26)27(33)30-19-20-4-2-1-3-5-20/h1-13,18H,14-17,19H2,(H,30,33). The van der Waals surface area contributed by atoms with Gasteiger partial charge >= 0.3 is 0 Å². The van der Waals surface area contributed by atoms with Crippen molar-refractivity contribution in [3.63, 3.8) is 0 Å². The van der Waals surface area contributed by atoms with Gasteiger partial charge in [-0.15, -0.1) is 0 Å². The highest BCUT2D eigenvalue weighted by Gasteiger charge is 2.20. The monoisotopic (exact) mass is 456 g/mol. The molecule has 3 aromatic carbocycles. The molecule has 0 spiro atoms. The number of halogens is 1. The van der Waals surface area contributed by atoms with Gasteiger partial charge in [-0.25, -0.2) is 4.98 Å². The Morgan fingerprint density at radius 2 is 1.61 bits per heavy atom. The Labute approximate surface area is 198 Å². The van der Waals surface area contributed by atoms with E-state index in [1.54, 1.807) is 0 Å². The Morgan fingerprint density at radius 1 is 0.879 bits per heavy atom. The fraction of sp³-hybridized carbons (Fsp3) is 0.185. The third-order valence-corrected chi connectivity index (χ3v) is 6.33. The fourth-order valence-corrected chi connectivity index (χ4v) is 4.38. The highest BCUT2D eigenvalue weighted by atomic mass is 35.5.